The van der Waals surface area contributed by atoms with Gasteiger partial charge in [-0.05, 0) is 18.1 Å². The summed E-state index contributed by atoms with van der Waals surface area (Å²) in [6.07, 6.45) is 5.15. The molecule has 8 nitrogen and oxygen atoms in total. The molecular formula is C21H22N6O2S. The molecule has 3 aromatic rings. The zero-order chi connectivity index (χ0) is 20.7. The standard InChI is InChI=1S/C21H22N6O2S/c1-14-7-24-21(25-8-14)27-11-17-18(12-27)30(28,29)13-16-10-23-20(26-19(16)17)22-9-15-5-3-2-4-6-15/h2-8,10,17-18H,9,11-13H2,1H3,(H,22,23,26)/t17-,18+/m0/s1. The third kappa shape index (κ3) is 3.49. The van der Waals surface area contributed by atoms with Crippen LogP contribution in [-0.2, 0) is 22.1 Å². The van der Waals surface area contributed by atoms with Gasteiger partial charge in [0, 0.05) is 49.7 Å². The van der Waals surface area contributed by atoms with Gasteiger partial charge in [0.1, 0.15) is 0 Å². The number of aromatic nitrogens is 4. The predicted octanol–water partition coefficient (Wildman–Crippen LogP) is 2.09. The van der Waals surface area contributed by atoms with Gasteiger partial charge in [-0.1, -0.05) is 30.3 Å². The van der Waals surface area contributed by atoms with Crippen molar-refractivity contribution in [2.24, 2.45) is 0 Å². The lowest BCUT2D eigenvalue weighted by Gasteiger charge is -2.26. The Morgan fingerprint density at radius 1 is 1.07 bits per heavy atom. The summed E-state index contributed by atoms with van der Waals surface area (Å²) in [4.78, 5) is 19.8. The SMILES string of the molecule is Cc1cnc(N2C[C@@H]3c4nc(NCc5ccccc5)ncc4CS(=O)(=O)[C@@H]3C2)nc1. The van der Waals surface area contributed by atoms with Crippen molar-refractivity contribution in [3.63, 3.8) is 0 Å². The molecule has 1 saturated heterocycles. The van der Waals surface area contributed by atoms with Gasteiger partial charge in [0.15, 0.2) is 9.84 Å². The summed E-state index contributed by atoms with van der Waals surface area (Å²) in [5.74, 6) is 0.832. The van der Waals surface area contributed by atoms with Gasteiger partial charge in [-0.15, -0.1) is 0 Å². The molecule has 4 heterocycles. The van der Waals surface area contributed by atoms with Crippen LogP contribution in [0.2, 0.25) is 0 Å². The molecule has 5 rings (SSSR count). The number of aryl methyl sites for hydroxylation is 1. The molecule has 2 aliphatic rings. The Hall–Kier alpha value is -3.07. The number of nitrogens with one attached hydrogen (secondary N) is 1. The first kappa shape index (κ1) is 18.9. The Morgan fingerprint density at radius 3 is 2.60 bits per heavy atom. The summed E-state index contributed by atoms with van der Waals surface area (Å²) in [5, 5.41) is 2.74. The highest BCUT2D eigenvalue weighted by Gasteiger charge is 2.48. The summed E-state index contributed by atoms with van der Waals surface area (Å²) in [6.45, 7) is 3.44. The fourth-order valence-electron chi connectivity index (χ4n) is 4.15. The lowest BCUT2D eigenvalue weighted by molar-refractivity contribution is 0.563. The molecule has 0 aliphatic carbocycles. The van der Waals surface area contributed by atoms with Gasteiger partial charge in [0.2, 0.25) is 11.9 Å². The van der Waals surface area contributed by atoms with E-state index >= 15 is 0 Å². The molecule has 9 heteroatoms. The molecule has 1 N–H and O–H groups in total. The number of anilines is 2. The normalized spacial score (nSPS) is 21.7. The van der Waals surface area contributed by atoms with Crippen molar-refractivity contribution in [3.8, 4) is 0 Å². The Bertz CT molecular complexity index is 1170. The Kier molecular flexibility index (Phi) is 4.62. The second-order valence-electron chi connectivity index (χ2n) is 7.86. The first-order valence-corrected chi connectivity index (χ1v) is 11.6. The van der Waals surface area contributed by atoms with Crippen LogP contribution in [0.3, 0.4) is 0 Å². The number of nitrogens with zero attached hydrogens (tertiary/aromatic N) is 5. The number of hydrogen-bond donors (Lipinski definition) is 1. The van der Waals surface area contributed by atoms with Gasteiger partial charge >= 0.3 is 0 Å². The van der Waals surface area contributed by atoms with E-state index in [1.54, 1.807) is 18.6 Å². The smallest absolute Gasteiger partial charge is 0.225 e. The molecule has 2 atom stereocenters. The molecule has 2 aromatic heterocycles. The Balaban J connectivity index is 1.43. The molecule has 0 spiro atoms. The predicted molar refractivity (Wildman–Crippen MR) is 114 cm³/mol. The Morgan fingerprint density at radius 2 is 1.83 bits per heavy atom. The van der Waals surface area contributed by atoms with Crippen LogP contribution in [0.5, 0.6) is 0 Å². The molecule has 0 unspecified atom stereocenters. The molecule has 1 fully saturated rings. The third-order valence-electron chi connectivity index (χ3n) is 5.68. The van der Waals surface area contributed by atoms with E-state index in [9.17, 15) is 8.42 Å². The largest absolute Gasteiger partial charge is 0.350 e. The zero-order valence-electron chi connectivity index (χ0n) is 16.6. The van der Waals surface area contributed by atoms with Crippen molar-refractivity contribution in [1.29, 1.82) is 0 Å². The van der Waals surface area contributed by atoms with Crippen molar-refractivity contribution in [3.05, 3.63) is 71.3 Å². The monoisotopic (exact) mass is 422 g/mol. The number of sulfone groups is 1. The van der Waals surface area contributed by atoms with Gasteiger partial charge < -0.3 is 10.2 Å². The fourth-order valence-corrected chi connectivity index (χ4v) is 6.14. The first-order chi connectivity index (χ1) is 14.5. The minimum atomic E-state index is -3.29. The fraction of sp³-hybridized carbons (Fsp3) is 0.333. The lowest BCUT2D eigenvalue weighted by Crippen LogP contribution is -2.35. The quantitative estimate of drug-likeness (QED) is 0.682. The van der Waals surface area contributed by atoms with E-state index in [0.717, 1.165) is 16.8 Å². The van der Waals surface area contributed by atoms with Crippen molar-refractivity contribution in [2.75, 3.05) is 23.3 Å². The van der Waals surface area contributed by atoms with E-state index in [-0.39, 0.29) is 11.7 Å². The average Bonchev–Trinajstić information content (AvgIpc) is 3.21. The molecule has 2 aliphatic heterocycles. The van der Waals surface area contributed by atoms with Crippen LogP contribution in [0.4, 0.5) is 11.9 Å². The van der Waals surface area contributed by atoms with E-state index in [1.807, 2.05) is 42.2 Å². The highest BCUT2D eigenvalue weighted by Crippen LogP contribution is 2.40. The van der Waals surface area contributed by atoms with Crippen LogP contribution in [0.15, 0.2) is 48.9 Å². The van der Waals surface area contributed by atoms with E-state index in [2.05, 4.69) is 20.3 Å². The molecule has 154 valence electrons. The lowest BCUT2D eigenvalue weighted by atomic mass is 10.00. The number of hydrogen-bond acceptors (Lipinski definition) is 8. The average molecular weight is 423 g/mol. The molecule has 0 saturated carbocycles. The van der Waals surface area contributed by atoms with Gasteiger partial charge in [0.25, 0.3) is 0 Å². The van der Waals surface area contributed by atoms with Crippen LogP contribution in [0.1, 0.15) is 28.3 Å². The van der Waals surface area contributed by atoms with Crippen molar-refractivity contribution < 1.29 is 8.42 Å². The minimum absolute atomic E-state index is 0.0228. The summed E-state index contributed by atoms with van der Waals surface area (Å²) in [7, 11) is -3.29. The number of fused-ring (bicyclic) bond motifs is 3. The van der Waals surface area contributed by atoms with Crippen molar-refractivity contribution in [2.45, 2.75) is 30.4 Å². The van der Waals surface area contributed by atoms with Crippen LogP contribution in [0.25, 0.3) is 0 Å². The maximum absolute atomic E-state index is 12.9. The number of benzene rings is 1. The molecule has 0 amide bonds. The Labute approximate surface area is 175 Å². The van der Waals surface area contributed by atoms with Crippen molar-refractivity contribution >= 4 is 21.7 Å². The van der Waals surface area contributed by atoms with Crippen LogP contribution in [-0.4, -0.2) is 46.7 Å². The summed E-state index contributed by atoms with van der Waals surface area (Å²) in [5.41, 5.74) is 3.60. The van der Waals surface area contributed by atoms with Crippen LogP contribution < -0.4 is 10.2 Å². The van der Waals surface area contributed by atoms with Gasteiger partial charge in [0.05, 0.1) is 16.7 Å². The highest BCUT2D eigenvalue weighted by molar-refractivity contribution is 7.91. The third-order valence-corrected chi connectivity index (χ3v) is 7.79. The second kappa shape index (κ2) is 7.32. The molecule has 0 radical (unpaired) electrons. The van der Waals surface area contributed by atoms with E-state index < -0.39 is 15.1 Å². The van der Waals surface area contributed by atoms with Gasteiger partial charge in [-0.3, -0.25) is 0 Å². The minimum Gasteiger partial charge on any atom is -0.350 e. The van der Waals surface area contributed by atoms with E-state index in [4.69, 9.17) is 4.98 Å². The molecule has 0 bridgehead atoms. The maximum Gasteiger partial charge on any atom is 0.225 e. The number of rotatable bonds is 4. The molecule has 30 heavy (non-hydrogen) atoms. The van der Waals surface area contributed by atoms with E-state index in [1.165, 1.54) is 0 Å². The summed E-state index contributed by atoms with van der Waals surface area (Å²) < 4.78 is 25.8. The topological polar surface area (TPSA) is 101 Å². The summed E-state index contributed by atoms with van der Waals surface area (Å²) >= 11 is 0. The van der Waals surface area contributed by atoms with Crippen LogP contribution >= 0.6 is 0 Å². The first-order valence-electron chi connectivity index (χ1n) is 9.88. The van der Waals surface area contributed by atoms with Crippen LogP contribution in [0, 0.1) is 6.92 Å². The van der Waals surface area contributed by atoms with E-state index in [0.29, 0.717) is 37.1 Å². The van der Waals surface area contributed by atoms with Crippen molar-refractivity contribution in [1.82, 2.24) is 19.9 Å². The van der Waals surface area contributed by atoms with Gasteiger partial charge in [-0.25, -0.2) is 28.4 Å². The molecule has 1 aromatic carbocycles. The second-order valence-corrected chi connectivity index (χ2v) is 10.1. The van der Waals surface area contributed by atoms with Gasteiger partial charge in [-0.2, -0.15) is 0 Å². The molecular weight excluding hydrogens is 400 g/mol. The summed E-state index contributed by atoms with van der Waals surface area (Å²) in [6, 6.07) is 10.0. The maximum atomic E-state index is 12.9. The highest BCUT2D eigenvalue weighted by atomic mass is 32.2. The zero-order valence-corrected chi connectivity index (χ0v) is 17.4.